The van der Waals surface area contributed by atoms with Crippen molar-refractivity contribution in [2.45, 2.75) is 0 Å². The van der Waals surface area contributed by atoms with Crippen LogP contribution in [0.4, 0.5) is 8.78 Å². The van der Waals surface area contributed by atoms with E-state index < -0.39 is 0 Å². The van der Waals surface area contributed by atoms with Crippen LogP contribution >= 0.6 is 0 Å². The fourth-order valence-corrected chi connectivity index (χ4v) is 3.38. The number of hydrogen-bond donors (Lipinski definition) is 0. The maximum atomic E-state index is 13.4. The van der Waals surface area contributed by atoms with Gasteiger partial charge in [-0.25, -0.2) is 18.3 Å². The van der Waals surface area contributed by atoms with Gasteiger partial charge < -0.3 is 4.57 Å². The maximum absolute atomic E-state index is 13.4. The van der Waals surface area contributed by atoms with Crippen LogP contribution in [0.15, 0.2) is 72.8 Å². The number of aromatic nitrogens is 5. The number of halogens is 2. The second-order valence-electron chi connectivity index (χ2n) is 6.66. The van der Waals surface area contributed by atoms with E-state index in [0.717, 1.165) is 11.0 Å². The Kier molecular flexibility index (Phi) is 3.94. The van der Waals surface area contributed by atoms with Crippen molar-refractivity contribution in [2.75, 3.05) is 0 Å². The molecule has 0 aliphatic carbocycles. The van der Waals surface area contributed by atoms with Gasteiger partial charge in [-0.05, 0) is 60.7 Å². The van der Waals surface area contributed by atoms with Crippen LogP contribution < -0.4 is 0 Å². The smallest absolute Gasteiger partial charge is 0.218 e. The Morgan fingerprint density at radius 1 is 0.690 bits per heavy atom. The predicted octanol–water partition coefficient (Wildman–Crippen LogP) is 4.77. The molecular formula is C22H15F2N5. The second kappa shape index (κ2) is 6.63. The van der Waals surface area contributed by atoms with Gasteiger partial charge in [0, 0.05) is 18.2 Å². The first-order chi connectivity index (χ1) is 14.1. The maximum Gasteiger partial charge on any atom is 0.218 e. The number of nitrogens with zero attached hydrogens (tertiary/aromatic N) is 5. The topological polar surface area (TPSA) is 48.5 Å². The highest BCUT2D eigenvalue weighted by Crippen LogP contribution is 2.29. The Morgan fingerprint density at radius 2 is 1.21 bits per heavy atom. The Labute approximate surface area is 164 Å². The first kappa shape index (κ1) is 17.2. The quantitative estimate of drug-likeness (QED) is 0.448. The third-order valence-corrected chi connectivity index (χ3v) is 4.83. The summed E-state index contributed by atoms with van der Waals surface area (Å²) in [5, 5.41) is 8.69. The van der Waals surface area contributed by atoms with E-state index in [1.165, 1.54) is 24.3 Å². The molecule has 29 heavy (non-hydrogen) atoms. The Bertz CT molecular complexity index is 1260. The number of para-hydroxylation sites is 2. The minimum Gasteiger partial charge on any atom is -0.313 e. The van der Waals surface area contributed by atoms with E-state index in [1.807, 2.05) is 35.9 Å². The molecule has 5 rings (SSSR count). The molecule has 0 saturated carbocycles. The lowest BCUT2D eigenvalue weighted by atomic mass is 10.2. The molecule has 2 heterocycles. The van der Waals surface area contributed by atoms with Crippen LogP contribution in [-0.2, 0) is 7.05 Å². The van der Waals surface area contributed by atoms with Crippen molar-refractivity contribution in [3.63, 3.8) is 0 Å². The average molecular weight is 387 g/mol. The summed E-state index contributed by atoms with van der Waals surface area (Å²) in [4.78, 5) is 4.76. The highest BCUT2D eigenvalue weighted by Gasteiger charge is 2.21. The molecule has 7 heteroatoms. The Hall–Kier alpha value is -3.87. The van der Waals surface area contributed by atoms with E-state index in [-0.39, 0.29) is 11.6 Å². The molecular weight excluding hydrogens is 372 g/mol. The van der Waals surface area contributed by atoms with Crippen molar-refractivity contribution in [3.8, 4) is 28.7 Å². The summed E-state index contributed by atoms with van der Waals surface area (Å²) < 4.78 is 30.6. The molecule has 0 spiro atoms. The molecule has 0 radical (unpaired) electrons. The minimum absolute atomic E-state index is 0.332. The largest absolute Gasteiger partial charge is 0.313 e. The molecule has 0 atom stereocenters. The van der Waals surface area contributed by atoms with E-state index in [4.69, 9.17) is 4.98 Å². The van der Waals surface area contributed by atoms with E-state index in [1.54, 1.807) is 28.8 Å². The minimum atomic E-state index is -0.332. The summed E-state index contributed by atoms with van der Waals surface area (Å²) in [7, 11) is 1.91. The molecule has 0 amide bonds. The van der Waals surface area contributed by atoms with Gasteiger partial charge in [0.2, 0.25) is 5.95 Å². The molecule has 2 aromatic heterocycles. The third-order valence-electron chi connectivity index (χ3n) is 4.83. The summed E-state index contributed by atoms with van der Waals surface area (Å²) in [6.07, 6.45) is 0. The highest BCUT2D eigenvalue weighted by molar-refractivity contribution is 5.78. The lowest BCUT2D eigenvalue weighted by Crippen LogP contribution is -2.07. The van der Waals surface area contributed by atoms with Crippen LogP contribution in [-0.4, -0.2) is 24.3 Å². The Morgan fingerprint density at radius 3 is 1.72 bits per heavy atom. The summed E-state index contributed by atoms with van der Waals surface area (Å²) in [6, 6.07) is 19.9. The summed E-state index contributed by atoms with van der Waals surface area (Å²) in [5.41, 5.74) is 3.17. The fraction of sp³-hybridized carbons (Fsp3) is 0.0455. The number of rotatable bonds is 3. The van der Waals surface area contributed by atoms with Gasteiger partial charge in [0.05, 0.1) is 11.0 Å². The molecule has 0 saturated heterocycles. The number of fused-ring (bicyclic) bond motifs is 1. The number of aryl methyl sites for hydroxylation is 1. The lowest BCUT2D eigenvalue weighted by molar-refractivity contribution is 0.627. The van der Waals surface area contributed by atoms with Crippen molar-refractivity contribution < 1.29 is 8.78 Å². The molecule has 5 nitrogen and oxygen atoms in total. The van der Waals surface area contributed by atoms with Crippen molar-refractivity contribution in [2.24, 2.45) is 7.05 Å². The van der Waals surface area contributed by atoms with Crippen LogP contribution in [0.1, 0.15) is 0 Å². The van der Waals surface area contributed by atoms with Crippen molar-refractivity contribution in [1.29, 1.82) is 0 Å². The van der Waals surface area contributed by atoms with Crippen LogP contribution in [0.3, 0.4) is 0 Å². The van der Waals surface area contributed by atoms with Crippen LogP contribution in [0.2, 0.25) is 0 Å². The number of hydrogen-bond acceptors (Lipinski definition) is 3. The zero-order chi connectivity index (χ0) is 20.0. The van der Waals surface area contributed by atoms with Crippen LogP contribution in [0.25, 0.3) is 39.8 Å². The lowest BCUT2D eigenvalue weighted by Gasteiger charge is -2.10. The second-order valence-corrected chi connectivity index (χ2v) is 6.66. The van der Waals surface area contributed by atoms with Gasteiger partial charge in [0.25, 0.3) is 0 Å². The third kappa shape index (κ3) is 2.87. The van der Waals surface area contributed by atoms with Crippen molar-refractivity contribution in [3.05, 3.63) is 84.4 Å². The van der Waals surface area contributed by atoms with Crippen LogP contribution in [0.5, 0.6) is 0 Å². The van der Waals surface area contributed by atoms with Gasteiger partial charge in [0.1, 0.15) is 11.6 Å². The molecule has 0 fully saturated rings. The molecule has 0 unspecified atom stereocenters. The first-order valence-electron chi connectivity index (χ1n) is 9.01. The van der Waals surface area contributed by atoms with Gasteiger partial charge in [-0.1, -0.05) is 12.1 Å². The summed E-state index contributed by atoms with van der Waals surface area (Å²) in [5.74, 6) is 0.975. The number of imidazole rings is 1. The van der Waals surface area contributed by atoms with Crippen molar-refractivity contribution in [1.82, 2.24) is 24.3 Å². The normalized spacial score (nSPS) is 11.3. The van der Waals surface area contributed by atoms with Gasteiger partial charge in [-0.15, -0.1) is 10.2 Å². The Balaban J connectivity index is 1.80. The first-order valence-corrected chi connectivity index (χ1v) is 9.01. The van der Waals surface area contributed by atoms with Gasteiger partial charge >= 0.3 is 0 Å². The van der Waals surface area contributed by atoms with Crippen LogP contribution in [0, 0.1) is 11.6 Å². The van der Waals surface area contributed by atoms with E-state index >= 15 is 0 Å². The van der Waals surface area contributed by atoms with Gasteiger partial charge in [-0.3, -0.25) is 0 Å². The zero-order valence-corrected chi connectivity index (χ0v) is 15.4. The molecule has 0 aliphatic rings. The van der Waals surface area contributed by atoms with E-state index in [9.17, 15) is 8.78 Å². The summed E-state index contributed by atoms with van der Waals surface area (Å²) >= 11 is 0. The molecule has 5 aromatic rings. The summed E-state index contributed by atoms with van der Waals surface area (Å²) in [6.45, 7) is 0. The molecule has 3 aromatic carbocycles. The highest BCUT2D eigenvalue weighted by atomic mass is 19.1. The zero-order valence-electron chi connectivity index (χ0n) is 15.4. The van der Waals surface area contributed by atoms with Gasteiger partial charge in [-0.2, -0.15) is 0 Å². The standard InChI is InChI=1S/C22H15F2N5/c1-28-19-5-3-2-4-18(19)25-22(28)29-20(14-6-10-16(23)11-7-14)26-27-21(29)15-8-12-17(24)13-9-15/h2-13H,1H3. The number of benzene rings is 3. The monoisotopic (exact) mass is 387 g/mol. The molecule has 142 valence electrons. The van der Waals surface area contributed by atoms with E-state index in [0.29, 0.717) is 28.7 Å². The molecule has 0 aliphatic heterocycles. The van der Waals surface area contributed by atoms with E-state index in [2.05, 4.69) is 10.2 Å². The van der Waals surface area contributed by atoms with Gasteiger partial charge in [0.15, 0.2) is 11.6 Å². The average Bonchev–Trinajstić information content (AvgIpc) is 3.31. The molecule has 0 N–H and O–H groups in total. The molecule has 0 bridgehead atoms. The SMILES string of the molecule is Cn1c(-n2c(-c3ccc(F)cc3)nnc2-c2ccc(F)cc2)nc2ccccc21. The predicted molar refractivity (Wildman–Crippen MR) is 106 cm³/mol. The fourth-order valence-electron chi connectivity index (χ4n) is 3.38. The van der Waals surface area contributed by atoms with Crippen molar-refractivity contribution >= 4 is 11.0 Å².